The van der Waals surface area contributed by atoms with Crippen LogP contribution in [0.2, 0.25) is 0 Å². The van der Waals surface area contributed by atoms with E-state index in [-0.39, 0.29) is 19.2 Å². The van der Waals surface area contributed by atoms with Crippen LogP contribution in [0.25, 0.3) is 0 Å². The summed E-state index contributed by atoms with van der Waals surface area (Å²) >= 11 is 0. The highest BCUT2D eigenvalue weighted by Gasteiger charge is 2.44. The summed E-state index contributed by atoms with van der Waals surface area (Å²) in [6.45, 7) is 4.43. The molecule has 336 valence electrons. The average molecular weight is 819 g/mol. The number of aliphatic hydroxyl groups excluding tert-OH is 4. The molecule has 0 aromatic rings. The number of esters is 1. The van der Waals surface area contributed by atoms with Gasteiger partial charge in [0, 0.05) is 13.0 Å². The molecule has 6 unspecified atom stereocenters. The highest BCUT2D eigenvalue weighted by Crippen LogP contribution is 2.22. The molecule has 9 nitrogen and oxygen atoms in total. The first-order valence-electron chi connectivity index (χ1n) is 23.4. The predicted molar refractivity (Wildman–Crippen MR) is 238 cm³/mol. The topological polar surface area (TPSA) is 135 Å². The smallest absolute Gasteiger partial charge is 0.306 e. The average Bonchev–Trinajstić information content (AvgIpc) is 3.22. The van der Waals surface area contributed by atoms with E-state index in [0.717, 1.165) is 77.0 Å². The largest absolute Gasteiger partial charge is 0.457 e. The summed E-state index contributed by atoms with van der Waals surface area (Å²) in [7, 11) is 0. The molecule has 1 rings (SSSR count). The number of carbonyl (C=O) groups is 1. The van der Waals surface area contributed by atoms with Crippen LogP contribution in [0, 0.1) is 0 Å². The van der Waals surface area contributed by atoms with Gasteiger partial charge in [-0.05, 0) is 57.8 Å². The van der Waals surface area contributed by atoms with Crippen molar-refractivity contribution in [1.29, 1.82) is 0 Å². The normalized spacial score (nSPS) is 20.8. The van der Waals surface area contributed by atoms with Crippen molar-refractivity contribution >= 4 is 5.97 Å². The SMILES string of the molecule is CC/C=C\C/C=C\C/C=C\C/C=C\C/C=C\CCCCCCCCCC(=O)OC(COCCCCCCCCCCCCCC)COC1OC(CO)C(O)C(O)C1O. The van der Waals surface area contributed by atoms with Crippen LogP contribution in [-0.4, -0.2) is 89.6 Å². The van der Waals surface area contributed by atoms with E-state index in [1.807, 2.05) is 0 Å². The predicted octanol–water partition coefficient (Wildman–Crippen LogP) is 10.7. The van der Waals surface area contributed by atoms with E-state index in [1.54, 1.807) is 0 Å². The fraction of sp³-hybridized carbons (Fsp3) is 0.776. The van der Waals surface area contributed by atoms with Gasteiger partial charge in [0.1, 0.15) is 30.5 Å². The van der Waals surface area contributed by atoms with Crippen molar-refractivity contribution < 1.29 is 44.2 Å². The molecule has 0 aromatic carbocycles. The van der Waals surface area contributed by atoms with Crippen molar-refractivity contribution in [2.24, 2.45) is 0 Å². The molecule has 0 spiro atoms. The fourth-order valence-electron chi connectivity index (χ4n) is 6.81. The number of hydrogen-bond donors (Lipinski definition) is 4. The number of aliphatic hydroxyl groups is 4. The third-order valence-corrected chi connectivity index (χ3v) is 10.4. The Balaban J connectivity index is 2.23. The molecule has 1 aliphatic heterocycles. The number of hydrogen-bond acceptors (Lipinski definition) is 9. The number of ether oxygens (including phenoxy) is 4. The van der Waals surface area contributed by atoms with E-state index < -0.39 is 43.4 Å². The van der Waals surface area contributed by atoms with Crippen LogP contribution in [0.15, 0.2) is 60.8 Å². The van der Waals surface area contributed by atoms with Gasteiger partial charge < -0.3 is 39.4 Å². The Bertz CT molecular complexity index is 1070. The summed E-state index contributed by atoms with van der Waals surface area (Å²) in [6.07, 6.45) is 43.9. The molecular formula is C49H86O9. The van der Waals surface area contributed by atoms with Crippen molar-refractivity contribution in [3.8, 4) is 0 Å². The van der Waals surface area contributed by atoms with Gasteiger partial charge in [-0.3, -0.25) is 4.79 Å². The lowest BCUT2D eigenvalue weighted by Crippen LogP contribution is -2.59. The summed E-state index contributed by atoms with van der Waals surface area (Å²) < 4.78 is 22.8. The third-order valence-electron chi connectivity index (χ3n) is 10.4. The quantitative estimate of drug-likeness (QED) is 0.0272. The minimum Gasteiger partial charge on any atom is -0.457 e. The van der Waals surface area contributed by atoms with Gasteiger partial charge in [-0.1, -0.05) is 177 Å². The summed E-state index contributed by atoms with van der Waals surface area (Å²) in [5.41, 5.74) is 0. The second kappa shape index (κ2) is 40.3. The van der Waals surface area contributed by atoms with Crippen molar-refractivity contribution in [3.05, 3.63) is 60.8 Å². The number of allylic oxidation sites excluding steroid dienone is 10. The standard InChI is InChI=1S/C49H86O9/c1-3-5-7-9-11-13-15-17-18-19-20-21-22-23-24-25-26-27-28-30-32-34-36-38-45(51)57-43(42-56-49-48(54)47(53)46(52)44(40-50)58-49)41-55-39-37-35-33-31-29-16-14-12-10-8-6-4-2/h5,7,11,13,17-18,20-21,23-24,43-44,46-50,52-54H,3-4,6,8-10,12,14-16,19,22,25-42H2,1-2H3/b7-5-,13-11-,18-17-,21-20-,24-23-. The zero-order chi connectivity index (χ0) is 42.2. The molecule has 58 heavy (non-hydrogen) atoms. The van der Waals surface area contributed by atoms with Gasteiger partial charge in [0.2, 0.25) is 0 Å². The third kappa shape index (κ3) is 30.9. The maximum absolute atomic E-state index is 12.8. The van der Waals surface area contributed by atoms with Gasteiger partial charge >= 0.3 is 5.97 Å². The van der Waals surface area contributed by atoms with E-state index in [0.29, 0.717) is 13.0 Å². The lowest BCUT2D eigenvalue weighted by molar-refractivity contribution is -0.305. The highest BCUT2D eigenvalue weighted by atomic mass is 16.7. The van der Waals surface area contributed by atoms with Gasteiger partial charge in [-0.25, -0.2) is 0 Å². The van der Waals surface area contributed by atoms with E-state index in [4.69, 9.17) is 18.9 Å². The van der Waals surface area contributed by atoms with Gasteiger partial charge in [0.05, 0.1) is 19.8 Å². The molecule has 4 N–H and O–H groups in total. The lowest BCUT2D eigenvalue weighted by atomic mass is 9.99. The molecule has 9 heteroatoms. The van der Waals surface area contributed by atoms with Crippen LogP contribution in [0.4, 0.5) is 0 Å². The first-order chi connectivity index (χ1) is 28.4. The summed E-state index contributed by atoms with van der Waals surface area (Å²) in [6, 6.07) is 0. The van der Waals surface area contributed by atoms with Crippen LogP contribution >= 0.6 is 0 Å². The maximum atomic E-state index is 12.8. The minimum atomic E-state index is -1.54. The first-order valence-corrected chi connectivity index (χ1v) is 23.4. The van der Waals surface area contributed by atoms with Gasteiger partial charge in [0.15, 0.2) is 6.29 Å². The number of rotatable bonds is 39. The second-order valence-electron chi connectivity index (χ2n) is 15.8. The fourth-order valence-corrected chi connectivity index (χ4v) is 6.81. The van der Waals surface area contributed by atoms with E-state index >= 15 is 0 Å². The molecule has 6 atom stereocenters. The monoisotopic (exact) mass is 819 g/mol. The molecule has 0 aromatic heterocycles. The first kappa shape index (κ1) is 53.9. The molecule has 0 aliphatic carbocycles. The van der Waals surface area contributed by atoms with Gasteiger partial charge in [-0.15, -0.1) is 0 Å². The Morgan fingerprint density at radius 2 is 1.05 bits per heavy atom. The van der Waals surface area contributed by atoms with Crippen LogP contribution < -0.4 is 0 Å². The molecule has 1 aliphatic rings. The zero-order valence-electron chi connectivity index (χ0n) is 36.8. The summed E-state index contributed by atoms with van der Waals surface area (Å²) in [5.74, 6) is -0.326. The van der Waals surface area contributed by atoms with Crippen molar-refractivity contribution in [3.63, 3.8) is 0 Å². The van der Waals surface area contributed by atoms with Crippen LogP contribution in [0.3, 0.4) is 0 Å². The molecule has 0 bridgehead atoms. The Morgan fingerprint density at radius 3 is 1.59 bits per heavy atom. The van der Waals surface area contributed by atoms with Crippen molar-refractivity contribution in [2.75, 3.05) is 26.4 Å². The lowest BCUT2D eigenvalue weighted by Gasteiger charge is -2.39. The van der Waals surface area contributed by atoms with Crippen LogP contribution in [-0.2, 0) is 23.7 Å². The molecular weight excluding hydrogens is 733 g/mol. The molecule has 1 heterocycles. The number of carbonyl (C=O) groups excluding carboxylic acids is 1. The molecule has 1 saturated heterocycles. The van der Waals surface area contributed by atoms with Gasteiger partial charge in [0.25, 0.3) is 0 Å². The van der Waals surface area contributed by atoms with E-state index in [1.165, 1.54) is 83.5 Å². The summed E-state index contributed by atoms with van der Waals surface area (Å²) in [4.78, 5) is 12.8. The van der Waals surface area contributed by atoms with Crippen LogP contribution in [0.1, 0.15) is 181 Å². The molecule has 0 saturated carbocycles. The van der Waals surface area contributed by atoms with Crippen molar-refractivity contribution in [1.82, 2.24) is 0 Å². The maximum Gasteiger partial charge on any atom is 0.306 e. The summed E-state index contributed by atoms with van der Waals surface area (Å²) in [5, 5.41) is 40.1. The van der Waals surface area contributed by atoms with Crippen LogP contribution in [0.5, 0.6) is 0 Å². The second-order valence-corrected chi connectivity index (χ2v) is 15.8. The van der Waals surface area contributed by atoms with E-state index in [2.05, 4.69) is 74.6 Å². The molecule has 0 radical (unpaired) electrons. The molecule has 0 amide bonds. The van der Waals surface area contributed by atoms with Gasteiger partial charge in [-0.2, -0.15) is 0 Å². The Kier molecular flexibility index (Phi) is 37.5. The minimum absolute atomic E-state index is 0.119. The Hall–Kier alpha value is -2.11. The zero-order valence-corrected chi connectivity index (χ0v) is 36.8. The van der Waals surface area contributed by atoms with Crippen molar-refractivity contribution in [2.45, 2.75) is 218 Å². The highest BCUT2D eigenvalue weighted by molar-refractivity contribution is 5.69. The molecule has 1 fully saturated rings. The Morgan fingerprint density at radius 1 is 0.569 bits per heavy atom. The Labute approximate surface area is 354 Å². The number of unbranched alkanes of at least 4 members (excludes halogenated alkanes) is 18. The van der Waals surface area contributed by atoms with E-state index in [9.17, 15) is 25.2 Å².